The van der Waals surface area contributed by atoms with Gasteiger partial charge in [0.15, 0.2) is 0 Å². The molecule has 0 bridgehead atoms. The van der Waals surface area contributed by atoms with E-state index in [2.05, 4.69) is 31.0 Å². The first-order valence-electron chi connectivity index (χ1n) is 6.54. The van der Waals surface area contributed by atoms with Crippen molar-refractivity contribution in [3.8, 4) is 0 Å². The molecule has 1 atom stereocenters. The number of aromatic nitrogens is 1. The second kappa shape index (κ2) is 5.00. The number of fused-ring (bicyclic) bond motifs is 1. The Balaban J connectivity index is 2.58. The Morgan fingerprint density at radius 2 is 1.89 bits per heavy atom. The number of aryl methyl sites for hydroxylation is 1. The van der Waals surface area contributed by atoms with Gasteiger partial charge < -0.3 is 5.11 Å². The van der Waals surface area contributed by atoms with Gasteiger partial charge in [-0.2, -0.15) is 0 Å². The maximum absolute atomic E-state index is 11.1. The van der Waals surface area contributed by atoms with Crippen LogP contribution in [0.2, 0.25) is 0 Å². The Morgan fingerprint density at radius 3 is 2.47 bits per heavy atom. The van der Waals surface area contributed by atoms with Crippen molar-refractivity contribution >= 4 is 16.9 Å². The van der Waals surface area contributed by atoms with Crippen molar-refractivity contribution in [1.82, 2.24) is 4.98 Å². The molecule has 1 aromatic carbocycles. The van der Waals surface area contributed by atoms with E-state index in [1.165, 1.54) is 5.56 Å². The van der Waals surface area contributed by atoms with Crippen molar-refractivity contribution in [2.45, 2.75) is 39.5 Å². The normalized spacial score (nSPS) is 12.9. The van der Waals surface area contributed by atoms with Crippen LogP contribution >= 0.6 is 0 Å². The van der Waals surface area contributed by atoms with E-state index in [4.69, 9.17) is 5.11 Å². The van der Waals surface area contributed by atoms with Crippen LogP contribution in [-0.4, -0.2) is 16.1 Å². The lowest BCUT2D eigenvalue weighted by Crippen LogP contribution is -2.11. The van der Waals surface area contributed by atoms with Gasteiger partial charge in [0, 0.05) is 5.39 Å². The maximum atomic E-state index is 11.1. The average molecular weight is 257 g/mol. The summed E-state index contributed by atoms with van der Waals surface area (Å²) in [5.74, 6) is -0.940. The van der Waals surface area contributed by atoms with E-state index in [9.17, 15) is 4.79 Å². The van der Waals surface area contributed by atoms with Crippen molar-refractivity contribution in [3.05, 3.63) is 41.1 Å². The zero-order valence-electron chi connectivity index (χ0n) is 11.8. The lowest BCUT2D eigenvalue weighted by molar-refractivity contribution is -0.138. The van der Waals surface area contributed by atoms with E-state index in [0.717, 1.165) is 16.5 Å². The molecule has 0 fully saturated rings. The monoisotopic (exact) mass is 257 g/mol. The van der Waals surface area contributed by atoms with Gasteiger partial charge in [-0.05, 0) is 49.1 Å². The number of aliphatic carboxylic acids is 1. The molecule has 2 rings (SSSR count). The van der Waals surface area contributed by atoms with Crippen LogP contribution in [0, 0.1) is 6.92 Å². The number of rotatable bonds is 3. The largest absolute Gasteiger partial charge is 0.481 e. The first-order valence-corrected chi connectivity index (χ1v) is 6.54. The van der Waals surface area contributed by atoms with Gasteiger partial charge in [0.2, 0.25) is 0 Å². The molecule has 0 aliphatic carbocycles. The third kappa shape index (κ3) is 2.60. The van der Waals surface area contributed by atoms with E-state index < -0.39 is 11.9 Å². The van der Waals surface area contributed by atoms with E-state index in [0.29, 0.717) is 11.6 Å². The number of pyridine rings is 1. The van der Waals surface area contributed by atoms with Crippen molar-refractivity contribution in [2.75, 3.05) is 0 Å². The zero-order chi connectivity index (χ0) is 14.2. The fourth-order valence-electron chi connectivity index (χ4n) is 2.23. The molecule has 0 saturated heterocycles. The lowest BCUT2D eigenvalue weighted by Gasteiger charge is -2.12. The minimum absolute atomic E-state index is 0.474. The summed E-state index contributed by atoms with van der Waals surface area (Å²) in [5.41, 5.74) is 3.71. The molecule has 2 aromatic rings. The van der Waals surface area contributed by atoms with Crippen molar-refractivity contribution < 1.29 is 9.90 Å². The average Bonchev–Trinajstić information content (AvgIpc) is 2.36. The molecule has 100 valence electrons. The predicted molar refractivity (Wildman–Crippen MR) is 76.6 cm³/mol. The third-order valence-electron chi connectivity index (χ3n) is 3.52. The Labute approximate surface area is 113 Å². The minimum Gasteiger partial charge on any atom is -0.481 e. The van der Waals surface area contributed by atoms with Crippen molar-refractivity contribution in [3.63, 3.8) is 0 Å². The minimum atomic E-state index is -0.839. The van der Waals surface area contributed by atoms with Crippen LogP contribution in [0.4, 0.5) is 0 Å². The number of carbonyl (C=O) groups is 1. The fraction of sp³-hybridized carbons (Fsp3) is 0.375. The molecule has 0 aliphatic rings. The molecule has 0 aliphatic heterocycles. The summed E-state index contributed by atoms with van der Waals surface area (Å²) in [5, 5.41) is 10.2. The lowest BCUT2D eigenvalue weighted by atomic mass is 9.97. The zero-order valence-corrected chi connectivity index (χ0v) is 11.8. The molecular formula is C16H19NO2. The van der Waals surface area contributed by atoms with Crippen molar-refractivity contribution in [2.24, 2.45) is 0 Å². The second-order valence-corrected chi connectivity index (χ2v) is 5.36. The summed E-state index contributed by atoms with van der Waals surface area (Å²) in [4.78, 5) is 15.6. The van der Waals surface area contributed by atoms with Gasteiger partial charge in [-0.1, -0.05) is 19.9 Å². The van der Waals surface area contributed by atoms with Crippen LogP contribution in [-0.2, 0) is 4.79 Å². The molecule has 1 heterocycles. The molecule has 1 N–H and O–H groups in total. The third-order valence-corrected chi connectivity index (χ3v) is 3.52. The van der Waals surface area contributed by atoms with E-state index >= 15 is 0 Å². The van der Waals surface area contributed by atoms with E-state index in [1.807, 2.05) is 19.1 Å². The molecule has 19 heavy (non-hydrogen) atoms. The van der Waals surface area contributed by atoms with Gasteiger partial charge >= 0.3 is 5.97 Å². The topological polar surface area (TPSA) is 50.2 Å². The smallest absolute Gasteiger partial charge is 0.312 e. The highest BCUT2D eigenvalue weighted by molar-refractivity contribution is 5.82. The van der Waals surface area contributed by atoms with E-state index in [-0.39, 0.29) is 0 Å². The number of nitrogens with zero attached hydrogens (tertiary/aromatic N) is 1. The van der Waals surface area contributed by atoms with Gasteiger partial charge in [0.25, 0.3) is 0 Å². The van der Waals surface area contributed by atoms with Crippen LogP contribution in [0.1, 0.15) is 49.4 Å². The standard InChI is InChI=1S/C16H19NO2/c1-9(2)12-5-6-14-13(8-12)7-10(3)15(17-14)11(4)16(18)19/h5-9,11H,1-4H3,(H,18,19). The van der Waals surface area contributed by atoms with E-state index in [1.54, 1.807) is 6.92 Å². The first kappa shape index (κ1) is 13.5. The molecular weight excluding hydrogens is 238 g/mol. The Morgan fingerprint density at radius 1 is 1.21 bits per heavy atom. The van der Waals surface area contributed by atoms with Crippen LogP contribution in [0.5, 0.6) is 0 Å². The molecule has 0 radical (unpaired) electrons. The summed E-state index contributed by atoms with van der Waals surface area (Å²) in [6, 6.07) is 8.20. The highest BCUT2D eigenvalue weighted by Gasteiger charge is 2.18. The summed E-state index contributed by atoms with van der Waals surface area (Å²) < 4.78 is 0. The first-order chi connectivity index (χ1) is 8.90. The molecule has 3 heteroatoms. The molecule has 0 amide bonds. The maximum Gasteiger partial charge on any atom is 0.312 e. The van der Waals surface area contributed by atoms with Gasteiger partial charge in [-0.3, -0.25) is 9.78 Å². The summed E-state index contributed by atoms with van der Waals surface area (Å²) in [6.45, 7) is 7.90. The molecule has 0 spiro atoms. The molecule has 0 saturated carbocycles. The van der Waals surface area contributed by atoms with Crippen LogP contribution in [0.3, 0.4) is 0 Å². The Bertz CT molecular complexity index is 632. The number of benzene rings is 1. The second-order valence-electron chi connectivity index (χ2n) is 5.36. The number of hydrogen-bond acceptors (Lipinski definition) is 2. The van der Waals surface area contributed by atoms with Gasteiger partial charge in [-0.15, -0.1) is 0 Å². The summed E-state index contributed by atoms with van der Waals surface area (Å²) in [7, 11) is 0. The highest BCUT2D eigenvalue weighted by Crippen LogP contribution is 2.25. The van der Waals surface area contributed by atoms with Crippen LogP contribution < -0.4 is 0 Å². The van der Waals surface area contributed by atoms with Gasteiger partial charge in [-0.25, -0.2) is 0 Å². The van der Waals surface area contributed by atoms with Crippen LogP contribution in [0.25, 0.3) is 10.9 Å². The van der Waals surface area contributed by atoms with Gasteiger partial charge in [0.1, 0.15) is 0 Å². The Kier molecular flexibility index (Phi) is 3.56. The van der Waals surface area contributed by atoms with Gasteiger partial charge in [0.05, 0.1) is 17.1 Å². The van der Waals surface area contributed by atoms with Crippen molar-refractivity contribution in [1.29, 1.82) is 0 Å². The summed E-state index contributed by atoms with van der Waals surface area (Å²) in [6.07, 6.45) is 0. The number of hydrogen-bond donors (Lipinski definition) is 1. The SMILES string of the molecule is Cc1cc2cc(C(C)C)ccc2nc1C(C)C(=O)O. The Hall–Kier alpha value is -1.90. The number of carboxylic acid groups (broad SMARTS) is 1. The highest BCUT2D eigenvalue weighted by atomic mass is 16.4. The quantitative estimate of drug-likeness (QED) is 0.908. The van der Waals surface area contributed by atoms with Crippen LogP contribution in [0.15, 0.2) is 24.3 Å². The summed E-state index contributed by atoms with van der Waals surface area (Å²) >= 11 is 0. The molecule has 3 nitrogen and oxygen atoms in total. The molecule has 1 unspecified atom stereocenters. The molecule has 1 aromatic heterocycles. The fourth-order valence-corrected chi connectivity index (χ4v) is 2.23. The predicted octanol–water partition coefficient (Wildman–Crippen LogP) is 3.85. The number of carboxylic acids is 1.